The highest BCUT2D eigenvalue weighted by molar-refractivity contribution is 6.30. The van der Waals surface area contributed by atoms with Gasteiger partial charge in [-0.1, -0.05) is 48.9 Å². The number of nitrogens with zero attached hydrogens (tertiary/aromatic N) is 2. The number of ketones is 1. The van der Waals surface area contributed by atoms with Crippen molar-refractivity contribution in [2.75, 3.05) is 13.2 Å². The van der Waals surface area contributed by atoms with E-state index in [-0.39, 0.29) is 44.0 Å². The Hall–Kier alpha value is -3.26. The molecule has 3 rings (SSSR count). The van der Waals surface area contributed by atoms with E-state index in [4.69, 9.17) is 21.1 Å². The maximum atomic E-state index is 13.4. The fraction of sp³-hybridized carbons (Fsp3) is 0.400. The lowest BCUT2D eigenvalue weighted by atomic mass is 9.97. The smallest absolute Gasteiger partial charge is 0.417 e. The average Bonchev–Trinajstić information content (AvgIpc) is 3.20. The minimum atomic E-state index is -1.21. The van der Waals surface area contributed by atoms with Gasteiger partial charge in [-0.15, -0.1) is 0 Å². The Bertz CT molecular complexity index is 1030. The summed E-state index contributed by atoms with van der Waals surface area (Å²) >= 11 is 5.92. The monoisotopic (exact) mass is 486 g/mol. The number of hydrogen-bond donors (Lipinski definition) is 0. The van der Waals surface area contributed by atoms with Crippen LogP contribution in [0, 0.1) is 5.92 Å². The topological polar surface area (TPSA) is 103 Å². The maximum absolute atomic E-state index is 13.4. The summed E-state index contributed by atoms with van der Waals surface area (Å²) in [6, 6.07) is 11.9. The molecule has 0 aliphatic carbocycles. The van der Waals surface area contributed by atoms with Gasteiger partial charge in [0.05, 0.1) is 12.6 Å². The van der Waals surface area contributed by atoms with Crippen molar-refractivity contribution in [2.45, 2.75) is 45.1 Å². The average molecular weight is 487 g/mol. The first-order chi connectivity index (χ1) is 16.4. The van der Waals surface area contributed by atoms with E-state index in [1.807, 2.05) is 37.3 Å². The van der Waals surface area contributed by atoms with Crippen molar-refractivity contribution in [3.05, 3.63) is 64.9 Å². The second-order valence-corrected chi connectivity index (χ2v) is 8.46. The van der Waals surface area contributed by atoms with Crippen molar-refractivity contribution in [1.82, 2.24) is 9.88 Å². The Labute approximate surface area is 203 Å². The zero-order valence-electron chi connectivity index (χ0n) is 18.9. The molecule has 0 bridgehead atoms. The normalized spacial score (nSPS) is 16.1. The van der Waals surface area contributed by atoms with Crippen LogP contribution in [-0.2, 0) is 25.5 Å². The largest absolute Gasteiger partial charge is 0.465 e. The molecule has 1 aliphatic rings. The number of halogens is 1. The minimum Gasteiger partial charge on any atom is -0.465 e. The van der Waals surface area contributed by atoms with Gasteiger partial charge in [0.2, 0.25) is 5.91 Å². The van der Waals surface area contributed by atoms with Gasteiger partial charge in [-0.25, -0.2) is 9.69 Å². The number of esters is 1. The van der Waals surface area contributed by atoms with Gasteiger partial charge >= 0.3 is 12.1 Å². The summed E-state index contributed by atoms with van der Waals surface area (Å²) in [5.74, 6) is -2.84. The fourth-order valence-corrected chi connectivity index (χ4v) is 3.89. The van der Waals surface area contributed by atoms with Gasteiger partial charge in [-0.3, -0.25) is 19.4 Å². The summed E-state index contributed by atoms with van der Waals surface area (Å²) in [6.07, 6.45) is 2.01. The molecule has 0 radical (unpaired) electrons. The molecule has 9 heteroatoms. The van der Waals surface area contributed by atoms with Crippen LogP contribution >= 0.6 is 11.6 Å². The number of pyridine rings is 1. The number of rotatable bonds is 11. The van der Waals surface area contributed by atoms with Crippen molar-refractivity contribution >= 4 is 35.4 Å². The van der Waals surface area contributed by atoms with E-state index in [1.54, 1.807) is 6.07 Å². The van der Waals surface area contributed by atoms with Crippen molar-refractivity contribution in [3.8, 4) is 0 Å². The van der Waals surface area contributed by atoms with E-state index < -0.39 is 29.9 Å². The Morgan fingerprint density at radius 1 is 1.24 bits per heavy atom. The number of benzene rings is 1. The molecule has 2 heterocycles. The number of hydrogen-bond acceptors (Lipinski definition) is 7. The fourth-order valence-electron chi connectivity index (χ4n) is 3.73. The first kappa shape index (κ1) is 25.4. The molecule has 0 spiro atoms. The van der Waals surface area contributed by atoms with Crippen LogP contribution in [0.1, 0.15) is 48.7 Å². The molecule has 2 amide bonds. The van der Waals surface area contributed by atoms with Crippen molar-refractivity contribution in [3.63, 3.8) is 0 Å². The van der Waals surface area contributed by atoms with E-state index in [1.165, 1.54) is 12.3 Å². The van der Waals surface area contributed by atoms with Crippen LogP contribution in [0.25, 0.3) is 0 Å². The summed E-state index contributed by atoms with van der Waals surface area (Å²) in [7, 11) is 0. The number of ether oxygens (including phenoxy) is 2. The first-order valence-corrected chi connectivity index (χ1v) is 11.6. The minimum absolute atomic E-state index is 0.0507. The van der Waals surface area contributed by atoms with Crippen LogP contribution in [0.4, 0.5) is 4.79 Å². The Balaban J connectivity index is 1.70. The molecule has 2 aromatic rings. The number of aromatic nitrogens is 1. The number of carbonyl (C=O) groups excluding carboxylic acids is 4. The second-order valence-electron chi connectivity index (χ2n) is 8.02. The van der Waals surface area contributed by atoms with E-state index in [0.29, 0.717) is 17.9 Å². The summed E-state index contributed by atoms with van der Waals surface area (Å²) in [6.45, 7) is 2.05. The van der Waals surface area contributed by atoms with Gasteiger partial charge in [0.15, 0.2) is 5.78 Å². The van der Waals surface area contributed by atoms with E-state index in [9.17, 15) is 19.2 Å². The van der Waals surface area contributed by atoms with Crippen molar-refractivity contribution in [2.24, 2.45) is 5.92 Å². The standard InChI is InChI=1S/C25H27ClN2O6/c1-2-13-33-24(31)20(9-6-10-22(29)21-15-18(26)11-12-27-21)23(30)28-19(16-34-25(28)32)14-17-7-4-3-5-8-17/h3-5,7-8,11-12,15,19-20H,2,6,9-10,13-14,16H2,1H3/t19-,20-/m0/s1. The van der Waals surface area contributed by atoms with Crippen LogP contribution in [0.2, 0.25) is 5.02 Å². The second kappa shape index (κ2) is 12.3. The van der Waals surface area contributed by atoms with Gasteiger partial charge in [0.1, 0.15) is 18.2 Å². The van der Waals surface area contributed by atoms with Crippen LogP contribution in [0.5, 0.6) is 0 Å². The van der Waals surface area contributed by atoms with Crippen LogP contribution in [-0.4, -0.2) is 52.9 Å². The molecule has 8 nitrogen and oxygen atoms in total. The lowest BCUT2D eigenvalue weighted by Gasteiger charge is -2.24. The molecule has 1 fully saturated rings. The third-order valence-electron chi connectivity index (χ3n) is 5.45. The lowest BCUT2D eigenvalue weighted by Crippen LogP contribution is -2.46. The Morgan fingerprint density at radius 2 is 2.00 bits per heavy atom. The predicted molar refractivity (Wildman–Crippen MR) is 124 cm³/mol. The summed E-state index contributed by atoms with van der Waals surface area (Å²) < 4.78 is 10.4. The van der Waals surface area contributed by atoms with Crippen molar-refractivity contribution < 1.29 is 28.7 Å². The predicted octanol–water partition coefficient (Wildman–Crippen LogP) is 4.25. The third-order valence-corrected chi connectivity index (χ3v) is 5.68. The Morgan fingerprint density at radius 3 is 2.71 bits per heavy atom. The molecule has 0 saturated carbocycles. The summed E-state index contributed by atoms with van der Waals surface area (Å²) in [5, 5.41) is 0.395. The molecule has 1 saturated heterocycles. The van der Waals surface area contributed by atoms with Crippen LogP contribution in [0.15, 0.2) is 48.7 Å². The molecule has 0 N–H and O–H groups in total. The zero-order valence-corrected chi connectivity index (χ0v) is 19.7. The highest BCUT2D eigenvalue weighted by Gasteiger charge is 2.43. The summed E-state index contributed by atoms with van der Waals surface area (Å²) in [4.78, 5) is 56.0. The van der Waals surface area contributed by atoms with Gasteiger partial charge in [0, 0.05) is 17.6 Å². The third kappa shape index (κ3) is 6.63. The molecular weight excluding hydrogens is 460 g/mol. The molecule has 1 aromatic heterocycles. The van der Waals surface area contributed by atoms with E-state index in [2.05, 4.69) is 4.98 Å². The molecule has 2 atom stereocenters. The number of imide groups is 1. The number of amides is 2. The van der Waals surface area contributed by atoms with E-state index >= 15 is 0 Å². The summed E-state index contributed by atoms with van der Waals surface area (Å²) in [5.41, 5.74) is 1.16. The van der Waals surface area contributed by atoms with Gasteiger partial charge < -0.3 is 9.47 Å². The SMILES string of the molecule is CCCOC(=O)[C@@H](CCCC(=O)c1cc(Cl)ccn1)C(=O)N1C(=O)OC[C@@H]1Cc1ccccc1. The van der Waals surface area contributed by atoms with Crippen LogP contribution in [0.3, 0.4) is 0 Å². The number of Topliss-reactive ketones (excluding diaryl/α,β-unsaturated/α-hetero) is 1. The van der Waals surface area contributed by atoms with Crippen LogP contribution < -0.4 is 0 Å². The number of carbonyl (C=O) groups is 4. The maximum Gasteiger partial charge on any atom is 0.417 e. The molecule has 1 aliphatic heterocycles. The molecule has 1 aromatic carbocycles. The highest BCUT2D eigenvalue weighted by atomic mass is 35.5. The lowest BCUT2D eigenvalue weighted by molar-refractivity contribution is -0.155. The highest BCUT2D eigenvalue weighted by Crippen LogP contribution is 2.24. The molecular formula is C25H27ClN2O6. The zero-order chi connectivity index (χ0) is 24.5. The molecule has 180 valence electrons. The molecule has 0 unspecified atom stereocenters. The van der Waals surface area contributed by atoms with Gasteiger partial charge in [0.25, 0.3) is 0 Å². The first-order valence-electron chi connectivity index (χ1n) is 11.3. The molecule has 34 heavy (non-hydrogen) atoms. The number of cyclic esters (lactones) is 1. The quantitative estimate of drug-likeness (QED) is 0.266. The Kier molecular flexibility index (Phi) is 9.16. The van der Waals surface area contributed by atoms with Gasteiger partial charge in [-0.05, 0) is 43.4 Å². The van der Waals surface area contributed by atoms with E-state index in [0.717, 1.165) is 10.5 Å². The van der Waals surface area contributed by atoms with Gasteiger partial charge in [-0.2, -0.15) is 0 Å². The van der Waals surface area contributed by atoms with Crippen molar-refractivity contribution in [1.29, 1.82) is 0 Å².